The average Bonchev–Trinajstić information content (AvgIpc) is 3.06. The number of benzene rings is 1. The van der Waals surface area contributed by atoms with E-state index in [0.29, 0.717) is 29.6 Å². The molecule has 0 atom stereocenters. The number of aromatic amines is 1. The number of imidazole rings is 1. The quantitative estimate of drug-likeness (QED) is 0.790. The van der Waals surface area contributed by atoms with Gasteiger partial charge in [0.05, 0.1) is 29.6 Å². The van der Waals surface area contributed by atoms with E-state index in [1.807, 2.05) is 24.6 Å². The molecule has 23 heavy (non-hydrogen) atoms. The number of rotatable bonds is 2. The van der Waals surface area contributed by atoms with Gasteiger partial charge in [-0.05, 0) is 13.0 Å². The Hall–Kier alpha value is -2.63. The van der Waals surface area contributed by atoms with Crippen LogP contribution in [0.1, 0.15) is 27.4 Å². The number of carbonyl (C=O) groups excluding carboxylic acids is 1. The molecule has 1 aromatic carbocycles. The molecule has 0 aliphatic carbocycles. The molecule has 0 bridgehead atoms. The number of hydrogen-bond donors (Lipinski definition) is 1. The number of aryl methyl sites for hydroxylation is 2. The summed E-state index contributed by atoms with van der Waals surface area (Å²) in [5.41, 5.74) is 3.87. The first kappa shape index (κ1) is 14.0. The number of halogens is 1. The minimum atomic E-state index is -0.290. The summed E-state index contributed by atoms with van der Waals surface area (Å²) in [6, 6.07) is 4.91. The van der Waals surface area contributed by atoms with Crippen LogP contribution in [0.25, 0.3) is 10.9 Å². The van der Waals surface area contributed by atoms with Crippen molar-refractivity contribution < 1.29 is 9.18 Å². The lowest BCUT2D eigenvalue weighted by Crippen LogP contribution is -2.37. The first-order chi connectivity index (χ1) is 11.1. The van der Waals surface area contributed by atoms with Crippen molar-refractivity contribution in [3.63, 3.8) is 0 Å². The van der Waals surface area contributed by atoms with E-state index in [1.54, 1.807) is 17.3 Å². The lowest BCUT2D eigenvalue weighted by molar-refractivity contribution is 0.0725. The van der Waals surface area contributed by atoms with Gasteiger partial charge in [0, 0.05) is 36.8 Å². The molecule has 6 heteroatoms. The summed E-state index contributed by atoms with van der Waals surface area (Å²) in [5, 5.41) is 0.691. The second kappa shape index (κ2) is 4.94. The maximum atomic E-state index is 14.2. The van der Waals surface area contributed by atoms with Crippen molar-refractivity contribution >= 4 is 16.8 Å². The molecule has 0 spiro atoms. The van der Waals surface area contributed by atoms with E-state index in [4.69, 9.17) is 0 Å². The number of nitrogens with zero attached hydrogens (tertiary/aromatic N) is 3. The zero-order chi connectivity index (χ0) is 16.1. The summed E-state index contributed by atoms with van der Waals surface area (Å²) in [6.45, 7) is 3.03. The first-order valence-electron chi connectivity index (χ1n) is 7.62. The summed E-state index contributed by atoms with van der Waals surface area (Å²) >= 11 is 0. The average molecular weight is 314 g/mol. The highest BCUT2D eigenvalue weighted by atomic mass is 19.1. The Bertz CT molecular complexity index is 924. The molecule has 4 rings (SSSR count). The molecule has 1 aliphatic heterocycles. The van der Waals surface area contributed by atoms with Crippen LogP contribution in [0, 0.1) is 12.7 Å². The van der Waals surface area contributed by atoms with Crippen molar-refractivity contribution in [3.8, 4) is 0 Å². The van der Waals surface area contributed by atoms with Crippen LogP contribution in [0.4, 0.5) is 4.39 Å². The number of fused-ring (bicyclic) bond motifs is 3. The number of para-hydroxylation sites is 1. The van der Waals surface area contributed by atoms with Crippen molar-refractivity contribution in [1.29, 1.82) is 0 Å². The van der Waals surface area contributed by atoms with E-state index < -0.39 is 0 Å². The molecule has 1 aliphatic rings. The third-order valence-electron chi connectivity index (χ3n) is 4.68. The van der Waals surface area contributed by atoms with Gasteiger partial charge in [-0.3, -0.25) is 4.79 Å². The Morgan fingerprint density at radius 1 is 1.43 bits per heavy atom. The molecule has 1 amide bonds. The van der Waals surface area contributed by atoms with Crippen LogP contribution in [0.2, 0.25) is 0 Å². The summed E-state index contributed by atoms with van der Waals surface area (Å²) in [4.78, 5) is 22.0. The van der Waals surface area contributed by atoms with Gasteiger partial charge in [-0.1, -0.05) is 12.1 Å². The van der Waals surface area contributed by atoms with E-state index in [0.717, 1.165) is 23.5 Å². The van der Waals surface area contributed by atoms with Crippen LogP contribution in [0.15, 0.2) is 24.5 Å². The van der Waals surface area contributed by atoms with Crippen molar-refractivity contribution in [1.82, 2.24) is 19.4 Å². The number of carbonyl (C=O) groups is 1. The van der Waals surface area contributed by atoms with Gasteiger partial charge in [0.2, 0.25) is 0 Å². The SMILES string of the molecule is Cc1[nH]cnc1CN1CCc2c(c3cccc(F)c3n2C)[14C]1=O. The molecular formula is C17H17FN4O. The van der Waals surface area contributed by atoms with Gasteiger partial charge < -0.3 is 14.5 Å². The minimum Gasteiger partial charge on any atom is -0.348 e. The lowest BCUT2D eigenvalue weighted by Gasteiger charge is -2.27. The zero-order valence-electron chi connectivity index (χ0n) is 13.1. The van der Waals surface area contributed by atoms with E-state index in [9.17, 15) is 9.18 Å². The van der Waals surface area contributed by atoms with Crippen LogP contribution in [0.5, 0.6) is 0 Å². The fraction of sp³-hybridized carbons (Fsp3) is 0.294. The molecule has 5 nitrogen and oxygen atoms in total. The number of aromatic nitrogens is 3. The van der Waals surface area contributed by atoms with Crippen LogP contribution < -0.4 is 0 Å². The summed E-state index contributed by atoms with van der Waals surface area (Å²) in [7, 11) is 1.82. The predicted octanol–water partition coefficient (Wildman–Crippen LogP) is 2.55. The van der Waals surface area contributed by atoms with Crippen molar-refractivity contribution in [3.05, 3.63) is 53.0 Å². The number of nitrogens with one attached hydrogen (secondary N) is 1. The highest BCUT2D eigenvalue weighted by Gasteiger charge is 2.31. The largest absolute Gasteiger partial charge is 0.348 e. The zero-order valence-corrected chi connectivity index (χ0v) is 13.1. The Morgan fingerprint density at radius 3 is 3.00 bits per heavy atom. The Kier molecular flexibility index (Phi) is 3.01. The first-order valence-corrected chi connectivity index (χ1v) is 7.62. The Labute approximate surface area is 132 Å². The van der Waals surface area contributed by atoms with Gasteiger partial charge in [-0.15, -0.1) is 0 Å². The number of hydrogen-bond acceptors (Lipinski definition) is 2. The molecule has 2 aromatic heterocycles. The number of H-pyrrole nitrogens is 1. The monoisotopic (exact) mass is 314 g/mol. The van der Waals surface area contributed by atoms with Gasteiger partial charge in [0.25, 0.3) is 5.91 Å². The molecule has 0 fully saturated rings. The maximum absolute atomic E-state index is 14.2. The molecule has 0 radical (unpaired) electrons. The summed E-state index contributed by atoms with van der Waals surface area (Å²) in [6.07, 6.45) is 2.35. The van der Waals surface area contributed by atoms with E-state index >= 15 is 0 Å². The highest BCUT2D eigenvalue weighted by molar-refractivity contribution is 6.09. The second-order valence-electron chi connectivity index (χ2n) is 5.97. The van der Waals surface area contributed by atoms with Crippen LogP contribution in [-0.4, -0.2) is 31.9 Å². The summed E-state index contributed by atoms with van der Waals surface area (Å²) < 4.78 is 16.0. The molecule has 1 N–H and O–H groups in total. The van der Waals surface area contributed by atoms with Crippen LogP contribution in [-0.2, 0) is 20.0 Å². The van der Waals surface area contributed by atoms with Gasteiger partial charge in [0.1, 0.15) is 5.82 Å². The standard InChI is InChI=1S/C17H17FN4O/c1-10-13(20-9-19-10)8-22-7-6-14-15(17(22)23)11-4-3-5-12(18)16(11)21(14)2/h3-5,9H,6-8H2,1-2H3,(H,19,20)/i17+2. The van der Waals surface area contributed by atoms with Gasteiger partial charge in [-0.25, -0.2) is 9.37 Å². The van der Waals surface area contributed by atoms with E-state index in [-0.39, 0.29) is 11.7 Å². The maximum Gasteiger partial charge on any atom is 0.256 e. The van der Waals surface area contributed by atoms with Gasteiger partial charge >= 0.3 is 0 Å². The van der Waals surface area contributed by atoms with Crippen molar-refractivity contribution in [2.75, 3.05) is 6.54 Å². The molecule has 0 saturated carbocycles. The molecule has 3 aromatic rings. The number of amides is 1. The smallest absolute Gasteiger partial charge is 0.256 e. The molecule has 3 heterocycles. The highest BCUT2D eigenvalue weighted by Crippen LogP contribution is 2.32. The van der Waals surface area contributed by atoms with Gasteiger partial charge in [-0.2, -0.15) is 0 Å². The van der Waals surface area contributed by atoms with E-state index in [2.05, 4.69) is 9.97 Å². The second-order valence-corrected chi connectivity index (χ2v) is 5.97. The van der Waals surface area contributed by atoms with E-state index in [1.165, 1.54) is 6.07 Å². The molecule has 0 unspecified atom stereocenters. The normalized spacial score (nSPS) is 14.6. The minimum absolute atomic E-state index is 0.0511. The molecular weight excluding hydrogens is 297 g/mol. The fourth-order valence-electron chi connectivity index (χ4n) is 3.43. The molecule has 118 valence electrons. The topological polar surface area (TPSA) is 53.9 Å². The summed E-state index contributed by atoms with van der Waals surface area (Å²) in [5.74, 6) is -0.341. The van der Waals surface area contributed by atoms with Crippen molar-refractivity contribution in [2.24, 2.45) is 7.05 Å². The van der Waals surface area contributed by atoms with Crippen LogP contribution >= 0.6 is 0 Å². The van der Waals surface area contributed by atoms with Gasteiger partial charge in [0.15, 0.2) is 0 Å². The Morgan fingerprint density at radius 2 is 2.26 bits per heavy atom. The molecule has 0 saturated heterocycles. The predicted molar refractivity (Wildman–Crippen MR) is 84.6 cm³/mol. The third-order valence-corrected chi connectivity index (χ3v) is 4.68. The fourth-order valence-corrected chi connectivity index (χ4v) is 3.43. The van der Waals surface area contributed by atoms with Crippen LogP contribution in [0.3, 0.4) is 0 Å². The lowest BCUT2D eigenvalue weighted by atomic mass is 10.1. The van der Waals surface area contributed by atoms with Crippen molar-refractivity contribution in [2.45, 2.75) is 19.9 Å². The Balaban J connectivity index is 1.80. The third kappa shape index (κ3) is 1.98.